The van der Waals surface area contributed by atoms with Gasteiger partial charge in [-0.25, -0.2) is 4.98 Å². The molecule has 0 bridgehead atoms. The van der Waals surface area contributed by atoms with Crippen LogP contribution in [0, 0.1) is 6.92 Å². The normalized spacial score (nSPS) is 11.4. The zero-order chi connectivity index (χ0) is 14.3. The minimum atomic E-state index is 0.481. The molecule has 102 valence electrons. The van der Waals surface area contributed by atoms with Crippen LogP contribution in [0.15, 0.2) is 36.4 Å². The topological polar surface area (TPSA) is 16.8 Å². The van der Waals surface area contributed by atoms with Gasteiger partial charge in [0.05, 0.1) is 0 Å². The smallest absolute Gasteiger partial charge is 0.234 e. The summed E-state index contributed by atoms with van der Waals surface area (Å²) in [5.41, 5.74) is 4.93. The number of aromatic nitrogens is 2. The molecule has 0 saturated carbocycles. The first-order valence-electron chi connectivity index (χ1n) is 6.93. The molecule has 0 aliphatic carbocycles. The molecule has 0 aliphatic rings. The molecule has 0 unspecified atom stereocenters. The summed E-state index contributed by atoms with van der Waals surface area (Å²) in [5, 5.41) is 1.21. The van der Waals surface area contributed by atoms with E-state index in [2.05, 4.69) is 68.8 Å². The molecule has 2 aromatic heterocycles. The molecule has 20 heavy (non-hydrogen) atoms. The number of thiazole rings is 1. The van der Waals surface area contributed by atoms with Crippen molar-refractivity contribution in [3.05, 3.63) is 47.0 Å². The monoisotopic (exact) mass is 283 g/mol. The van der Waals surface area contributed by atoms with Gasteiger partial charge in [0.25, 0.3) is 4.83 Å². The fourth-order valence-corrected chi connectivity index (χ4v) is 3.48. The van der Waals surface area contributed by atoms with Gasteiger partial charge in [-0.05, 0) is 24.6 Å². The van der Waals surface area contributed by atoms with E-state index in [0.717, 1.165) is 5.52 Å². The van der Waals surface area contributed by atoms with E-state index in [1.807, 2.05) is 0 Å². The van der Waals surface area contributed by atoms with Crippen LogP contribution in [0.5, 0.6) is 0 Å². The second-order valence-corrected chi connectivity index (χ2v) is 6.50. The highest BCUT2D eigenvalue weighted by molar-refractivity contribution is 7.17. The predicted molar refractivity (Wildman–Crippen MR) is 85.1 cm³/mol. The minimum absolute atomic E-state index is 0.481. The van der Waals surface area contributed by atoms with Crippen molar-refractivity contribution in [3.63, 3.8) is 0 Å². The molecule has 0 saturated heterocycles. The molecule has 2 heterocycles. The third kappa shape index (κ3) is 2.12. The fourth-order valence-electron chi connectivity index (χ4n) is 2.45. The summed E-state index contributed by atoms with van der Waals surface area (Å²) in [6.45, 7) is 6.55. The summed E-state index contributed by atoms with van der Waals surface area (Å²) < 4.78 is 2.27. The predicted octanol–water partition coefficient (Wildman–Crippen LogP) is 4.22. The van der Waals surface area contributed by atoms with E-state index in [0.29, 0.717) is 5.92 Å². The molecule has 3 heteroatoms. The van der Waals surface area contributed by atoms with Crippen molar-refractivity contribution < 1.29 is 4.57 Å². The van der Waals surface area contributed by atoms with Crippen molar-refractivity contribution in [2.24, 2.45) is 7.05 Å². The quantitative estimate of drug-likeness (QED) is 0.643. The molecule has 1 aromatic carbocycles. The Morgan fingerprint density at radius 1 is 1.10 bits per heavy atom. The molecular formula is C17H19N2S+. The Kier molecular flexibility index (Phi) is 3.30. The Balaban J connectivity index is 2.23. The number of pyridine rings is 1. The molecular weight excluding hydrogens is 264 g/mol. The summed E-state index contributed by atoms with van der Waals surface area (Å²) in [4.78, 5) is 5.97. The standard InChI is InChI=1S/C17H19N2S/c1-11(2)16-18-14-9-10-15(19(4)17(14)20-16)13-8-6-5-7-12(13)3/h5-11H,1-4H3/q+1. The van der Waals surface area contributed by atoms with Crippen LogP contribution in [-0.2, 0) is 7.05 Å². The first-order chi connectivity index (χ1) is 9.58. The molecule has 0 spiro atoms. The van der Waals surface area contributed by atoms with Gasteiger partial charge in [-0.3, -0.25) is 0 Å². The molecule has 0 amide bonds. The maximum atomic E-state index is 4.73. The largest absolute Gasteiger partial charge is 0.289 e. The van der Waals surface area contributed by atoms with Crippen molar-refractivity contribution in [2.45, 2.75) is 26.7 Å². The summed E-state index contributed by atoms with van der Waals surface area (Å²) >= 11 is 1.80. The molecule has 0 radical (unpaired) electrons. The molecule has 0 aliphatic heterocycles. The van der Waals surface area contributed by atoms with E-state index < -0.39 is 0 Å². The van der Waals surface area contributed by atoms with Crippen LogP contribution in [0.1, 0.15) is 30.3 Å². The van der Waals surface area contributed by atoms with Crippen LogP contribution in [0.2, 0.25) is 0 Å². The maximum Gasteiger partial charge on any atom is 0.289 e. The highest BCUT2D eigenvalue weighted by Crippen LogP contribution is 2.27. The average Bonchev–Trinajstić information content (AvgIpc) is 2.86. The second-order valence-electron chi connectivity index (χ2n) is 5.49. The molecule has 0 fully saturated rings. The van der Waals surface area contributed by atoms with E-state index in [9.17, 15) is 0 Å². The second kappa shape index (κ2) is 4.98. The van der Waals surface area contributed by atoms with Crippen molar-refractivity contribution in [3.8, 4) is 11.3 Å². The first kappa shape index (κ1) is 13.3. The number of fused-ring (bicyclic) bond motifs is 1. The first-order valence-corrected chi connectivity index (χ1v) is 7.75. The van der Waals surface area contributed by atoms with Crippen molar-refractivity contribution in [2.75, 3.05) is 0 Å². The van der Waals surface area contributed by atoms with Crippen LogP contribution in [0.25, 0.3) is 21.6 Å². The van der Waals surface area contributed by atoms with Gasteiger partial charge in [0.15, 0.2) is 0 Å². The van der Waals surface area contributed by atoms with Crippen LogP contribution < -0.4 is 4.57 Å². The van der Waals surface area contributed by atoms with Crippen molar-refractivity contribution in [1.82, 2.24) is 4.98 Å². The minimum Gasteiger partial charge on any atom is -0.234 e. The molecule has 0 N–H and O–H groups in total. The lowest BCUT2D eigenvalue weighted by Crippen LogP contribution is -2.31. The van der Waals surface area contributed by atoms with Gasteiger partial charge in [0.2, 0.25) is 5.69 Å². The number of hydrogen-bond donors (Lipinski definition) is 0. The Bertz CT molecular complexity index is 772. The summed E-state index contributed by atoms with van der Waals surface area (Å²) in [6, 6.07) is 12.8. The lowest BCUT2D eigenvalue weighted by molar-refractivity contribution is -0.631. The van der Waals surface area contributed by atoms with Crippen LogP contribution in [0.4, 0.5) is 0 Å². The molecule has 3 rings (SSSR count). The van der Waals surface area contributed by atoms with Gasteiger partial charge >= 0.3 is 0 Å². The van der Waals surface area contributed by atoms with Crippen LogP contribution in [0.3, 0.4) is 0 Å². The van der Waals surface area contributed by atoms with Gasteiger partial charge in [-0.2, -0.15) is 4.57 Å². The summed E-state index contributed by atoms with van der Waals surface area (Å²) in [6.07, 6.45) is 0. The fraction of sp³-hybridized carbons (Fsp3) is 0.294. The van der Waals surface area contributed by atoms with E-state index in [4.69, 9.17) is 4.98 Å². The van der Waals surface area contributed by atoms with Crippen LogP contribution in [-0.4, -0.2) is 4.98 Å². The maximum absolute atomic E-state index is 4.73. The molecule has 3 aromatic rings. The third-order valence-electron chi connectivity index (χ3n) is 3.63. The Hall–Kier alpha value is -1.74. The zero-order valence-electron chi connectivity index (χ0n) is 12.3. The summed E-state index contributed by atoms with van der Waals surface area (Å²) in [5.74, 6) is 0.481. The van der Waals surface area contributed by atoms with Gasteiger partial charge in [-0.1, -0.05) is 43.4 Å². The zero-order valence-corrected chi connectivity index (χ0v) is 13.2. The van der Waals surface area contributed by atoms with Gasteiger partial charge in [0, 0.05) is 17.5 Å². The van der Waals surface area contributed by atoms with Crippen LogP contribution >= 0.6 is 11.3 Å². The van der Waals surface area contributed by atoms with E-state index in [-0.39, 0.29) is 0 Å². The van der Waals surface area contributed by atoms with Crippen molar-refractivity contribution >= 4 is 21.7 Å². The van der Waals surface area contributed by atoms with Gasteiger partial charge in [0.1, 0.15) is 17.6 Å². The number of rotatable bonds is 2. The highest BCUT2D eigenvalue weighted by atomic mass is 32.1. The number of hydrogen-bond acceptors (Lipinski definition) is 2. The SMILES string of the molecule is Cc1ccccc1-c1ccc2nc(C(C)C)sc2[n+]1C. The Morgan fingerprint density at radius 2 is 1.85 bits per heavy atom. The lowest BCUT2D eigenvalue weighted by Gasteiger charge is -2.03. The van der Waals surface area contributed by atoms with Crippen molar-refractivity contribution in [1.29, 1.82) is 0 Å². The summed E-state index contributed by atoms with van der Waals surface area (Å²) in [7, 11) is 2.13. The molecule has 0 atom stereocenters. The third-order valence-corrected chi connectivity index (χ3v) is 5.08. The average molecular weight is 283 g/mol. The Morgan fingerprint density at radius 3 is 2.55 bits per heavy atom. The van der Waals surface area contributed by atoms with E-state index in [1.165, 1.54) is 26.7 Å². The number of aryl methyl sites for hydroxylation is 2. The van der Waals surface area contributed by atoms with Gasteiger partial charge in [-0.15, -0.1) is 0 Å². The lowest BCUT2D eigenvalue weighted by atomic mass is 10.1. The van der Waals surface area contributed by atoms with E-state index >= 15 is 0 Å². The van der Waals surface area contributed by atoms with E-state index in [1.54, 1.807) is 11.3 Å². The number of nitrogens with zero attached hydrogens (tertiary/aromatic N) is 2. The Labute approximate surface area is 123 Å². The molecule has 2 nitrogen and oxygen atoms in total. The highest BCUT2D eigenvalue weighted by Gasteiger charge is 2.19. The number of benzene rings is 1. The van der Waals surface area contributed by atoms with Gasteiger partial charge < -0.3 is 0 Å².